The molecule has 1 aliphatic rings. The number of guanidine groups is 1. The summed E-state index contributed by atoms with van der Waals surface area (Å²) in [6.07, 6.45) is 3.30. The standard InChI is InChI=1S/C25H32N4O2/c1-18-9-10-20(24(14-18)31-17-22-7-5-13-30-22)16-28-25(26-2)27-12-11-21-15-19-6-3-4-8-23(19)29-21/h3-4,6,8-10,14-15,22,29H,5,7,11-13,16-17H2,1-2H3,(H2,26,27,28). The number of aromatic amines is 1. The number of aromatic nitrogens is 1. The minimum Gasteiger partial charge on any atom is -0.491 e. The maximum atomic E-state index is 6.11. The molecule has 6 heteroatoms. The average Bonchev–Trinajstić information content (AvgIpc) is 3.45. The van der Waals surface area contributed by atoms with Gasteiger partial charge < -0.3 is 25.1 Å². The minimum atomic E-state index is 0.209. The van der Waals surface area contributed by atoms with Gasteiger partial charge in [-0.05, 0) is 48.9 Å². The topological polar surface area (TPSA) is 70.7 Å². The molecule has 6 nitrogen and oxygen atoms in total. The van der Waals surface area contributed by atoms with Crippen LogP contribution in [0.25, 0.3) is 10.9 Å². The van der Waals surface area contributed by atoms with Gasteiger partial charge in [-0.25, -0.2) is 0 Å². The maximum absolute atomic E-state index is 6.11. The van der Waals surface area contributed by atoms with Gasteiger partial charge in [-0.2, -0.15) is 0 Å². The highest BCUT2D eigenvalue weighted by molar-refractivity contribution is 5.81. The van der Waals surface area contributed by atoms with E-state index in [1.165, 1.54) is 22.2 Å². The largest absolute Gasteiger partial charge is 0.491 e. The van der Waals surface area contributed by atoms with Crippen molar-refractivity contribution in [1.82, 2.24) is 15.6 Å². The molecule has 1 aliphatic heterocycles. The van der Waals surface area contributed by atoms with Gasteiger partial charge in [0.2, 0.25) is 0 Å². The lowest BCUT2D eigenvalue weighted by Gasteiger charge is -2.17. The third-order valence-electron chi connectivity index (χ3n) is 5.61. The van der Waals surface area contributed by atoms with Gasteiger partial charge in [-0.15, -0.1) is 0 Å². The van der Waals surface area contributed by atoms with Crippen LogP contribution in [0.2, 0.25) is 0 Å². The van der Waals surface area contributed by atoms with Crippen molar-refractivity contribution in [3.63, 3.8) is 0 Å². The number of aliphatic imine (C=N–C) groups is 1. The van der Waals surface area contributed by atoms with Crippen LogP contribution < -0.4 is 15.4 Å². The minimum absolute atomic E-state index is 0.209. The number of rotatable bonds is 8. The molecule has 1 unspecified atom stereocenters. The van der Waals surface area contributed by atoms with Gasteiger partial charge in [0.15, 0.2) is 5.96 Å². The van der Waals surface area contributed by atoms with Crippen LogP contribution in [0.15, 0.2) is 53.5 Å². The molecule has 164 valence electrons. The summed E-state index contributed by atoms with van der Waals surface area (Å²) in [6.45, 7) is 4.97. The van der Waals surface area contributed by atoms with Gasteiger partial charge in [0.05, 0.1) is 6.10 Å². The first-order valence-electron chi connectivity index (χ1n) is 11.1. The first-order chi connectivity index (χ1) is 15.2. The number of hydrogen-bond acceptors (Lipinski definition) is 3. The molecule has 31 heavy (non-hydrogen) atoms. The van der Waals surface area contributed by atoms with E-state index in [-0.39, 0.29) is 6.10 Å². The number of fused-ring (bicyclic) bond motifs is 1. The lowest BCUT2D eigenvalue weighted by atomic mass is 10.1. The van der Waals surface area contributed by atoms with Crippen LogP contribution >= 0.6 is 0 Å². The Balaban J connectivity index is 1.28. The molecule has 0 aliphatic carbocycles. The van der Waals surface area contributed by atoms with Gasteiger partial charge in [-0.3, -0.25) is 4.99 Å². The summed E-state index contributed by atoms with van der Waals surface area (Å²) in [7, 11) is 1.79. The van der Waals surface area contributed by atoms with Crippen LogP contribution in [0.1, 0.15) is 29.7 Å². The zero-order valence-electron chi connectivity index (χ0n) is 18.4. The van der Waals surface area contributed by atoms with E-state index >= 15 is 0 Å². The fourth-order valence-corrected chi connectivity index (χ4v) is 3.88. The van der Waals surface area contributed by atoms with Crippen LogP contribution in [0.4, 0.5) is 0 Å². The van der Waals surface area contributed by atoms with E-state index < -0.39 is 0 Å². The van der Waals surface area contributed by atoms with E-state index in [1.54, 1.807) is 7.05 Å². The third kappa shape index (κ3) is 5.79. The van der Waals surface area contributed by atoms with Crippen molar-refractivity contribution in [3.8, 4) is 5.75 Å². The maximum Gasteiger partial charge on any atom is 0.191 e. The highest BCUT2D eigenvalue weighted by Gasteiger charge is 2.17. The fourth-order valence-electron chi connectivity index (χ4n) is 3.88. The molecule has 3 aromatic rings. The summed E-state index contributed by atoms with van der Waals surface area (Å²) >= 11 is 0. The molecule has 0 amide bonds. The molecule has 1 fully saturated rings. The Kier molecular flexibility index (Phi) is 7.10. The number of H-pyrrole nitrogens is 1. The van der Waals surface area contributed by atoms with E-state index in [0.717, 1.165) is 49.7 Å². The Morgan fingerprint density at radius 1 is 1.19 bits per heavy atom. The quantitative estimate of drug-likeness (QED) is 0.381. The first-order valence-corrected chi connectivity index (χ1v) is 11.1. The van der Waals surface area contributed by atoms with Crippen LogP contribution in [0, 0.1) is 6.92 Å². The van der Waals surface area contributed by atoms with Crippen molar-refractivity contribution in [2.75, 3.05) is 26.8 Å². The molecule has 2 aromatic carbocycles. The number of nitrogens with zero attached hydrogens (tertiary/aromatic N) is 1. The zero-order valence-corrected chi connectivity index (χ0v) is 18.4. The second kappa shape index (κ2) is 10.4. The van der Waals surface area contributed by atoms with Crippen LogP contribution in [-0.4, -0.2) is 43.9 Å². The van der Waals surface area contributed by atoms with E-state index in [1.807, 2.05) is 0 Å². The molecule has 3 N–H and O–H groups in total. The third-order valence-corrected chi connectivity index (χ3v) is 5.61. The molecule has 0 bridgehead atoms. The Morgan fingerprint density at radius 3 is 2.90 bits per heavy atom. The second-order valence-corrected chi connectivity index (χ2v) is 8.04. The van der Waals surface area contributed by atoms with Crippen molar-refractivity contribution >= 4 is 16.9 Å². The SMILES string of the molecule is CN=C(NCCc1cc2ccccc2[nH]1)NCc1ccc(C)cc1OCC1CCCO1. The smallest absolute Gasteiger partial charge is 0.191 e. The number of ether oxygens (including phenoxy) is 2. The predicted octanol–water partition coefficient (Wildman–Crippen LogP) is 3.94. The lowest BCUT2D eigenvalue weighted by molar-refractivity contribution is 0.0676. The Labute approximate surface area is 184 Å². The van der Waals surface area contributed by atoms with Crippen LogP contribution in [0.5, 0.6) is 5.75 Å². The molecule has 4 rings (SSSR count). The zero-order chi connectivity index (χ0) is 21.5. The lowest BCUT2D eigenvalue weighted by Crippen LogP contribution is -2.38. The molecule has 0 radical (unpaired) electrons. The summed E-state index contributed by atoms with van der Waals surface area (Å²) in [5.41, 5.74) is 4.69. The summed E-state index contributed by atoms with van der Waals surface area (Å²) in [5, 5.41) is 8.05. The van der Waals surface area contributed by atoms with E-state index in [9.17, 15) is 0 Å². The highest BCUT2D eigenvalue weighted by Crippen LogP contribution is 2.22. The van der Waals surface area contributed by atoms with Gasteiger partial charge in [-0.1, -0.05) is 30.3 Å². The summed E-state index contributed by atoms with van der Waals surface area (Å²) in [5.74, 6) is 1.69. The molecule has 1 aromatic heterocycles. The molecule has 2 heterocycles. The molecule has 1 saturated heterocycles. The van der Waals surface area contributed by atoms with Crippen molar-refractivity contribution in [1.29, 1.82) is 0 Å². The molecular formula is C25H32N4O2. The van der Waals surface area contributed by atoms with Crippen LogP contribution in [0.3, 0.4) is 0 Å². The van der Waals surface area contributed by atoms with E-state index in [2.05, 4.69) is 76.1 Å². The summed E-state index contributed by atoms with van der Waals surface area (Å²) in [6, 6.07) is 16.9. The first kappa shape index (κ1) is 21.2. The summed E-state index contributed by atoms with van der Waals surface area (Å²) < 4.78 is 11.8. The Hall–Kier alpha value is -2.99. The summed E-state index contributed by atoms with van der Waals surface area (Å²) in [4.78, 5) is 7.82. The number of benzene rings is 2. The molecular weight excluding hydrogens is 388 g/mol. The van der Waals surface area contributed by atoms with Gasteiger partial charge >= 0.3 is 0 Å². The molecule has 1 atom stereocenters. The number of aryl methyl sites for hydroxylation is 1. The van der Waals surface area contributed by atoms with E-state index in [4.69, 9.17) is 9.47 Å². The number of hydrogen-bond donors (Lipinski definition) is 3. The normalized spacial score (nSPS) is 16.6. The Morgan fingerprint density at radius 2 is 2.10 bits per heavy atom. The van der Waals surface area contributed by atoms with Crippen LogP contribution in [-0.2, 0) is 17.7 Å². The number of para-hydroxylation sites is 1. The van der Waals surface area contributed by atoms with Gasteiger partial charge in [0, 0.05) is 49.9 Å². The monoisotopic (exact) mass is 420 g/mol. The van der Waals surface area contributed by atoms with Gasteiger partial charge in [0.1, 0.15) is 12.4 Å². The number of nitrogens with one attached hydrogen (secondary N) is 3. The molecule has 0 spiro atoms. The second-order valence-electron chi connectivity index (χ2n) is 8.04. The average molecular weight is 421 g/mol. The van der Waals surface area contributed by atoms with Crippen molar-refractivity contribution in [3.05, 3.63) is 65.4 Å². The van der Waals surface area contributed by atoms with Crippen molar-refractivity contribution in [2.45, 2.75) is 38.8 Å². The van der Waals surface area contributed by atoms with E-state index in [0.29, 0.717) is 13.2 Å². The van der Waals surface area contributed by atoms with Crippen molar-refractivity contribution < 1.29 is 9.47 Å². The fraction of sp³-hybridized carbons (Fsp3) is 0.400. The van der Waals surface area contributed by atoms with Crippen molar-refractivity contribution in [2.24, 2.45) is 4.99 Å². The predicted molar refractivity (Wildman–Crippen MR) is 126 cm³/mol. The highest BCUT2D eigenvalue weighted by atomic mass is 16.5. The molecule has 0 saturated carbocycles. The van der Waals surface area contributed by atoms with Gasteiger partial charge in [0.25, 0.3) is 0 Å². The Bertz CT molecular complexity index is 988.